The molecule has 0 aromatic heterocycles. The number of nitrogens with one attached hydrogen (secondary N) is 1. The summed E-state index contributed by atoms with van der Waals surface area (Å²) in [6.45, 7) is 7.02. The molecule has 10 heteroatoms. The third kappa shape index (κ3) is 62.1. The van der Waals surface area contributed by atoms with E-state index in [0.717, 1.165) is 83.5 Å². The number of esters is 1. The van der Waals surface area contributed by atoms with Gasteiger partial charge in [-0.2, -0.15) is 0 Å². The van der Waals surface area contributed by atoms with Gasteiger partial charge in [0.15, 0.2) is 0 Å². The number of carbonyl (C=O) groups excluding carboxylic acids is 2. The maximum absolute atomic E-state index is 13.6. The van der Waals surface area contributed by atoms with Crippen molar-refractivity contribution >= 4 is 19.7 Å². The van der Waals surface area contributed by atoms with Crippen LogP contribution in [-0.2, 0) is 27.9 Å². The molecule has 0 aliphatic carbocycles. The number of rotatable bonds is 63. The summed E-state index contributed by atoms with van der Waals surface area (Å²) < 4.78 is 30.8. The topological polar surface area (TPSA) is 111 Å². The van der Waals surface area contributed by atoms with Crippen LogP contribution >= 0.6 is 7.82 Å². The summed E-state index contributed by atoms with van der Waals surface area (Å²) in [6.07, 6.45) is 78.0. The molecule has 0 spiro atoms. The Kier molecular flexibility index (Phi) is 59.1. The number of amides is 1. The van der Waals surface area contributed by atoms with Crippen molar-refractivity contribution in [3.05, 3.63) is 60.8 Å². The molecule has 0 radical (unpaired) electrons. The normalized spacial score (nSPS) is 13.9. The summed E-state index contributed by atoms with van der Waals surface area (Å²) in [7, 11) is 1.50. The monoisotopic (exact) mass is 1160 g/mol. The van der Waals surface area contributed by atoms with Crippen molar-refractivity contribution in [1.82, 2.24) is 5.32 Å². The lowest BCUT2D eigenvalue weighted by atomic mass is 10.0. The highest BCUT2D eigenvalue weighted by Crippen LogP contribution is 2.43. The lowest BCUT2D eigenvalue weighted by Crippen LogP contribution is -2.47. The van der Waals surface area contributed by atoms with Crippen LogP contribution < -0.4 is 5.32 Å². The molecule has 0 aromatic carbocycles. The molecule has 0 saturated heterocycles. The van der Waals surface area contributed by atoms with Crippen LogP contribution in [0, 0.1) is 0 Å². The van der Waals surface area contributed by atoms with Gasteiger partial charge in [0.2, 0.25) is 5.91 Å². The van der Waals surface area contributed by atoms with Gasteiger partial charge in [0.05, 0.1) is 33.8 Å². The number of allylic oxidation sites excluding steroid dienone is 9. The zero-order valence-electron chi connectivity index (χ0n) is 54.3. The number of nitrogens with zero attached hydrogens (tertiary/aromatic N) is 1. The first-order valence-corrected chi connectivity index (χ1v) is 36.1. The van der Waals surface area contributed by atoms with Gasteiger partial charge >= 0.3 is 13.8 Å². The van der Waals surface area contributed by atoms with E-state index in [2.05, 4.69) is 74.7 Å². The van der Waals surface area contributed by atoms with Gasteiger partial charge in [-0.15, -0.1) is 0 Å². The quantitative estimate of drug-likeness (QED) is 0.0205. The number of hydrogen-bond donors (Lipinski definition) is 2. The maximum Gasteiger partial charge on any atom is 0.472 e. The molecule has 0 fully saturated rings. The first-order chi connectivity index (χ1) is 39.4. The van der Waals surface area contributed by atoms with Crippen molar-refractivity contribution in [2.75, 3.05) is 40.9 Å². The Balaban J connectivity index is 5.06. The molecular weight excluding hydrogens is 1020 g/mol. The highest BCUT2D eigenvalue weighted by Gasteiger charge is 2.30. The number of quaternary nitrogens is 1. The Morgan fingerprint density at radius 1 is 0.432 bits per heavy atom. The first kappa shape index (κ1) is 78.7. The Bertz CT molecular complexity index is 1570. The molecule has 0 aliphatic rings. The molecule has 0 aromatic rings. The largest absolute Gasteiger partial charge is 0.472 e. The number of unbranched alkanes of at least 4 members (excludes halogenated alkanes) is 39. The summed E-state index contributed by atoms with van der Waals surface area (Å²) in [5, 5.41) is 3.07. The molecular formula is C71H134N2O7P+. The minimum atomic E-state index is -4.45. The summed E-state index contributed by atoms with van der Waals surface area (Å²) in [4.78, 5) is 37.8. The molecule has 2 N–H and O–H groups in total. The average molecular weight is 1160 g/mol. The molecule has 9 nitrogen and oxygen atoms in total. The molecule has 3 atom stereocenters. The third-order valence-corrected chi connectivity index (χ3v) is 16.4. The Morgan fingerprint density at radius 2 is 0.753 bits per heavy atom. The smallest absolute Gasteiger partial charge is 0.456 e. The van der Waals surface area contributed by atoms with E-state index in [9.17, 15) is 19.0 Å². The van der Waals surface area contributed by atoms with E-state index in [1.54, 1.807) is 0 Å². The fraction of sp³-hybridized carbons (Fsp3) is 0.831. The molecule has 81 heavy (non-hydrogen) atoms. The van der Waals surface area contributed by atoms with Gasteiger partial charge in [0.25, 0.3) is 0 Å². The van der Waals surface area contributed by atoms with Gasteiger partial charge in [0.1, 0.15) is 19.3 Å². The van der Waals surface area contributed by atoms with Crippen LogP contribution in [0.2, 0.25) is 0 Å². The molecule has 3 unspecified atom stereocenters. The second-order valence-corrected chi connectivity index (χ2v) is 26.2. The highest BCUT2D eigenvalue weighted by molar-refractivity contribution is 7.47. The number of ether oxygens (including phenoxy) is 1. The van der Waals surface area contributed by atoms with E-state index in [4.69, 9.17) is 13.8 Å². The van der Waals surface area contributed by atoms with Crippen molar-refractivity contribution in [1.29, 1.82) is 0 Å². The third-order valence-electron chi connectivity index (χ3n) is 15.5. The average Bonchev–Trinajstić information content (AvgIpc) is 3.43. The summed E-state index contributed by atoms with van der Waals surface area (Å²) in [5.74, 6) is -0.500. The number of hydrogen-bond acceptors (Lipinski definition) is 6. The minimum absolute atomic E-state index is 0.0398. The fourth-order valence-corrected chi connectivity index (χ4v) is 10.8. The molecule has 0 bridgehead atoms. The predicted octanol–water partition coefficient (Wildman–Crippen LogP) is 21.8. The first-order valence-electron chi connectivity index (χ1n) is 34.6. The number of likely N-dealkylation sites (N-methyl/N-ethyl adjacent to an activating group) is 1. The Labute approximate surface area is 502 Å². The Morgan fingerprint density at radius 3 is 1.15 bits per heavy atom. The van der Waals surface area contributed by atoms with Gasteiger partial charge in [-0.25, -0.2) is 4.57 Å². The van der Waals surface area contributed by atoms with Gasteiger partial charge in [-0.1, -0.05) is 300 Å². The van der Waals surface area contributed by atoms with Gasteiger partial charge < -0.3 is 19.4 Å². The summed E-state index contributed by atoms with van der Waals surface area (Å²) in [5.41, 5.74) is 0. The SMILES string of the molecule is CCCCC/C=C\C/C=C\C/C=C\C/C=C\CCCCCCCCCCCC(=O)OC(/C=C/CCCCCCCCCCC)C(COP(=O)(O)OCC[N+](C)(C)C)NC(=O)CCCCCCCCCCCCCCCCCCCCC. The van der Waals surface area contributed by atoms with Crippen LogP contribution in [0.4, 0.5) is 0 Å². The predicted molar refractivity (Wildman–Crippen MR) is 351 cm³/mol. The summed E-state index contributed by atoms with van der Waals surface area (Å²) >= 11 is 0. The lowest BCUT2D eigenvalue weighted by molar-refractivity contribution is -0.870. The van der Waals surface area contributed by atoms with Crippen molar-refractivity contribution in [3.63, 3.8) is 0 Å². The number of phosphoric ester groups is 1. The number of phosphoric acid groups is 1. The van der Waals surface area contributed by atoms with Gasteiger partial charge in [0, 0.05) is 12.8 Å². The van der Waals surface area contributed by atoms with Crippen molar-refractivity contribution in [2.24, 2.45) is 0 Å². The highest BCUT2D eigenvalue weighted by atomic mass is 31.2. The van der Waals surface area contributed by atoms with E-state index in [1.165, 1.54) is 212 Å². The fourth-order valence-electron chi connectivity index (χ4n) is 10.1. The van der Waals surface area contributed by atoms with Crippen LogP contribution in [0.5, 0.6) is 0 Å². The van der Waals surface area contributed by atoms with Crippen LogP contribution in [0.1, 0.15) is 329 Å². The van der Waals surface area contributed by atoms with Crippen LogP contribution in [0.25, 0.3) is 0 Å². The molecule has 0 heterocycles. The lowest BCUT2D eigenvalue weighted by Gasteiger charge is -2.27. The van der Waals surface area contributed by atoms with Crippen LogP contribution in [0.3, 0.4) is 0 Å². The molecule has 1 amide bonds. The van der Waals surface area contributed by atoms with Crippen LogP contribution in [0.15, 0.2) is 60.8 Å². The minimum Gasteiger partial charge on any atom is -0.456 e. The molecule has 0 rings (SSSR count). The van der Waals surface area contributed by atoms with Crippen LogP contribution in [-0.4, -0.2) is 74.3 Å². The second kappa shape index (κ2) is 60.8. The van der Waals surface area contributed by atoms with E-state index < -0.39 is 20.0 Å². The van der Waals surface area contributed by atoms with Crippen molar-refractivity contribution in [3.8, 4) is 0 Å². The number of carbonyl (C=O) groups is 2. The molecule has 0 aliphatic heterocycles. The zero-order valence-corrected chi connectivity index (χ0v) is 55.2. The maximum atomic E-state index is 13.6. The zero-order chi connectivity index (χ0) is 59.3. The van der Waals surface area contributed by atoms with E-state index in [0.29, 0.717) is 17.4 Å². The van der Waals surface area contributed by atoms with Crippen molar-refractivity contribution < 1.29 is 37.3 Å². The van der Waals surface area contributed by atoms with Crippen molar-refractivity contribution in [2.45, 2.75) is 341 Å². The standard InChI is InChI=1S/C71H133N2O7P/c1-7-10-13-16-19-22-25-27-29-31-33-34-35-36-37-38-40-42-44-46-49-52-55-58-61-64-71(75)80-69(62-59-56-53-50-47-24-21-18-15-12-9-3)68(67-79-81(76,77)78-66-65-73(4,5)6)72-70(74)63-60-57-54-51-48-45-43-41-39-32-30-28-26-23-20-17-14-11-8-2/h19,22,27,29,33-34,36-37,59,62,68-69H,7-18,20-21,23-26,28,30-32,35,38-58,60-61,63-67H2,1-6H3,(H-,72,74,76,77)/p+1/b22-19-,29-27-,34-33-,37-36-,62-59+. The van der Waals surface area contributed by atoms with E-state index in [-0.39, 0.29) is 31.5 Å². The summed E-state index contributed by atoms with van der Waals surface area (Å²) in [6, 6.07) is -0.850. The Hall–Kier alpha value is -2.29. The van der Waals surface area contributed by atoms with E-state index >= 15 is 0 Å². The molecule has 0 saturated carbocycles. The second-order valence-electron chi connectivity index (χ2n) is 24.7. The van der Waals surface area contributed by atoms with Gasteiger partial charge in [-0.05, 0) is 76.7 Å². The van der Waals surface area contributed by atoms with Gasteiger partial charge in [-0.3, -0.25) is 18.6 Å². The molecule has 474 valence electrons. The van der Waals surface area contributed by atoms with E-state index in [1.807, 2.05) is 33.3 Å².